The Morgan fingerprint density at radius 2 is 1.79 bits per heavy atom. The van der Waals surface area contributed by atoms with Crippen molar-refractivity contribution < 1.29 is 23.5 Å². The van der Waals surface area contributed by atoms with E-state index in [2.05, 4.69) is 10.6 Å². The molecule has 0 aliphatic carbocycles. The molecular weight excluding hydrogens is 315 g/mol. The Balaban J connectivity index is 2.80. The fourth-order valence-electron chi connectivity index (χ4n) is 1.98. The summed E-state index contributed by atoms with van der Waals surface area (Å²) in [5.74, 6) is -2.85. The molecule has 0 unspecified atom stereocenters. The van der Waals surface area contributed by atoms with Gasteiger partial charge in [0.1, 0.15) is 11.9 Å². The minimum Gasteiger partial charge on any atom is -0.451 e. The predicted octanol–water partition coefficient (Wildman–Crippen LogP) is 1.65. The van der Waals surface area contributed by atoms with Crippen LogP contribution in [0.3, 0.4) is 0 Å². The van der Waals surface area contributed by atoms with E-state index >= 15 is 0 Å². The largest absolute Gasteiger partial charge is 0.451 e. The summed E-state index contributed by atoms with van der Waals surface area (Å²) in [6.07, 6.45) is -0.982. The van der Waals surface area contributed by atoms with E-state index in [4.69, 9.17) is 4.74 Å². The Hall–Kier alpha value is -2.44. The van der Waals surface area contributed by atoms with Gasteiger partial charge in [0, 0.05) is 6.54 Å². The van der Waals surface area contributed by atoms with Crippen LogP contribution < -0.4 is 10.6 Å². The number of esters is 1. The van der Waals surface area contributed by atoms with Gasteiger partial charge in [0.05, 0.1) is 5.56 Å². The second-order valence-electron chi connectivity index (χ2n) is 5.65. The molecule has 0 aliphatic rings. The summed E-state index contributed by atoms with van der Waals surface area (Å²) in [4.78, 5) is 36.0. The average Bonchev–Trinajstić information content (AvgIpc) is 2.52. The van der Waals surface area contributed by atoms with E-state index in [1.807, 2.05) is 0 Å². The van der Waals surface area contributed by atoms with Crippen molar-refractivity contribution in [2.75, 3.05) is 6.54 Å². The number of carbonyl (C=O) groups is 3. The zero-order chi connectivity index (χ0) is 18.3. The molecule has 0 aliphatic heterocycles. The van der Waals surface area contributed by atoms with Crippen LogP contribution in [0.4, 0.5) is 4.39 Å². The molecule has 2 amide bonds. The molecule has 1 aromatic carbocycles. The molecule has 0 radical (unpaired) electrons. The van der Waals surface area contributed by atoms with Crippen molar-refractivity contribution in [2.45, 2.75) is 39.8 Å². The molecule has 2 atom stereocenters. The average molecular weight is 338 g/mol. The molecule has 0 heterocycles. The van der Waals surface area contributed by atoms with Gasteiger partial charge >= 0.3 is 5.97 Å². The number of ether oxygens (including phenoxy) is 1. The molecule has 0 saturated heterocycles. The highest BCUT2D eigenvalue weighted by Gasteiger charge is 2.29. The highest BCUT2D eigenvalue weighted by atomic mass is 19.1. The van der Waals surface area contributed by atoms with Gasteiger partial charge in [0.2, 0.25) is 0 Å². The summed E-state index contributed by atoms with van der Waals surface area (Å²) in [7, 11) is 0. The van der Waals surface area contributed by atoms with E-state index in [0.717, 1.165) is 6.07 Å². The molecule has 0 spiro atoms. The lowest BCUT2D eigenvalue weighted by Crippen LogP contribution is -2.47. The number of likely N-dealkylation sites (N-methyl/N-ethyl adjacent to an activating group) is 1. The summed E-state index contributed by atoms with van der Waals surface area (Å²) in [5.41, 5.74) is -0.160. The van der Waals surface area contributed by atoms with Crippen LogP contribution in [-0.4, -0.2) is 36.5 Å². The van der Waals surface area contributed by atoms with Crippen LogP contribution in [-0.2, 0) is 14.3 Å². The first-order chi connectivity index (χ1) is 11.3. The lowest BCUT2D eigenvalue weighted by atomic mass is 10.0. The number of nitrogens with one attached hydrogen (secondary N) is 2. The monoisotopic (exact) mass is 338 g/mol. The van der Waals surface area contributed by atoms with Crippen LogP contribution in [0.2, 0.25) is 0 Å². The van der Waals surface area contributed by atoms with Gasteiger partial charge in [-0.1, -0.05) is 26.0 Å². The molecule has 0 aromatic heterocycles. The summed E-state index contributed by atoms with van der Waals surface area (Å²) in [6.45, 7) is 7.03. The second kappa shape index (κ2) is 9.00. The Kier molecular flexibility index (Phi) is 7.35. The third-order valence-electron chi connectivity index (χ3n) is 3.34. The van der Waals surface area contributed by atoms with E-state index in [0.29, 0.717) is 6.54 Å². The van der Waals surface area contributed by atoms with Gasteiger partial charge in [-0.2, -0.15) is 0 Å². The smallest absolute Gasteiger partial charge is 0.329 e. The van der Waals surface area contributed by atoms with Crippen LogP contribution in [0, 0.1) is 11.7 Å². The molecule has 0 saturated carbocycles. The third-order valence-corrected chi connectivity index (χ3v) is 3.34. The van der Waals surface area contributed by atoms with Gasteiger partial charge in [-0.05, 0) is 31.9 Å². The predicted molar refractivity (Wildman–Crippen MR) is 86.7 cm³/mol. The lowest BCUT2D eigenvalue weighted by molar-refractivity contribution is -0.157. The Bertz CT molecular complexity index is 604. The summed E-state index contributed by atoms with van der Waals surface area (Å²) < 4.78 is 18.8. The fraction of sp³-hybridized carbons (Fsp3) is 0.471. The van der Waals surface area contributed by atoms with Gasteiger partial charge in [-0.25, -0.2) is 9.18 Å². The summed E-state index contributed by atoms with van der Waals surface area (Å²) in [5, 5.41) is 5.00. The molecule has 1 rings (SSSR count). The third kappa shape index (κ3) is 5.33. The maximum atomic E-state index is 13.7. The Labute approximate surface area is 140 Å². The van der Waals surface area contributed by atoms with E-state index in [1.54, 1.807) is 20.8 Å². The standard InChI is InChI=1S/C17H23FN2O4/c1-5-19-15(21)11(4)24-17(23)14(10(2)3)20-16(22)12-8-6-7-9-13(12)18/h6-11,14H,5H2,1-4H3,(H,19,21)(H,20,22)/t11-,14-/m0/s1. The summed E-state index contributed by atoms with van der Waals surface area (Å²) >= 11 is 0. The second-order valence-corrected chi connectivity index (χ2v) is 5.65. The number of benzene rings is 1. The van der Waals surface area contributed by atoms with Gasteiger partial charge in [0.25, 0.3) is 11.8 Å². The number of hydrogen-bond donors (Lipinski definition) is 2. The normalized spacial score (nSPS) is 13.1. The van der Waals surface area contributed by atoms with Gasteiger partial charge in [-0.15, -0.1) is 0 Å². The highest BCUT2D eigenvalue weighted by Crippen LogP contribution is 2.10. The maximum Gasteiger partial charge on any atom is 0.329 e. The van der Waals surface area contributed by atoms with Crippen LogP contribution in [0.25, 0.3) is 0 Å². The number of amides is 2. The van der Waals surface area contributed by atoms with Gasteiger partial charge < -0.3 is 15.4 Å². The first-order valence-electron chi connectivity index (χ1n) is 7.81. The molecule has 0 bridgehead atoms. The summed E-state index contributed by atoms with van der Waals surface area (Å²) in [6, 6.07) is 4.49. The number of halogens is 1. The van der Waals surface area contributed by atoms with Gasteiger partial charge in [0.15, 0.2) is 6.10 Å². The van der Waals surface area contributed by atoms with Crippen LogP contribution in [0.15, 0.2) is 24.3 Å². The zero-order valence-electron chi connectivity index (χ0n) is 14.3. The van der Waals surface area contributed by atoms with Crippen molar-refractivity contribution in [3.8, 4) is 0 Å². The topological polar surface area (TPSA) is 84.5 Å². The van der Waals surface area contributed by atoms with Crippen molar-refractivity contribution in [2.24, 2.45) is 5.92 Å². The van der Waals surface area contributed by atoms with Crippen molar-refractivity contribution in [1.82, 2.24) is 10.6 Å². The SMILES string of the molecule is CCNC(=O)[C@H](C)OC(=O)[C@@H](NC(=O)c1ccccc1F)C(C)C. The molecule has 0 fully saturated rings. The van der Waals surface area contributed by atoms with E-state index in [-0.39, 0.29) is 11.5 Å². The van der Waals surface area contributed by atoms with E-state index in [1.165, 1.54) is 25.1 Å². The quantitative estimate of drug-likeness (QED) is 0.741. The first-order valence-corrected chi connectivity index (χ1v) is 7.81. The minimum atomic E-state index is -0.992. The molecule has 2 N–H and O–H groups in total. The van der Waals surface area contributed by atoms with Crippen molar-refractivity contribution in [3.05, 3.63) is 35.6 Å². The van der Waals surface area contributed by atoms with Gasteiger partial charge in [-0.3, -0.25) is 9.59 Å². The van der Waals surface area contributed by atoms with Crippen LogP contribution >= 0.6 is 0 Å². The molecule has 132 valence electrons. The Morgan fingerprint density at radius 3 is 2.33 bits per heavy atom. The Morgan fingerprint density at radius 1 is 1.17 bits per heavy atom. The van der Waals surface area contributed by atoms with Crippen molar-refractivity contribution in [1.29, 1.82) is 0 Å². The van der Waals surface area contributed by atoms with Crippen LogP contribution in [0.5, 0.6) is 0 Å². The van der Waals surface area contributed by atoms with Crippen molar-refractivity contribution in [3.63, 3.8) is 0 Å². The number of hydrogen-bond acceptors (Lipinski definition) is 4. The zero-order valence-corrected chi connectivity index (χ0v) is 14.3. The van der Waals surface area contributed by atoms with Crippen LogP contribution in [0.1, 0.15) is 38.1 Å². The minimum absolute atomic E-state index is 0.160. The van der Waals surface area contributed by atoms with E-state index in [9.17, 15) is 18.8 Å². The fourth-order valence-corrected chi connectivity index (χ4v) is 1.98. The molecule has 6 nitrogen and oxygen atoms in total. The molecule has 1 aromatic rings. The first kappa shape index (κ1) is 19.6. The molecule has 7 heteroatoms. The molecule has 24 heavy (non-hydrogen) atoms. The number of carbonyl (C=O) groups excluding carboxylic acids is 3. The van der Waals surface area contributed by atoms with Crippen molar-refractivity contribution >= 4 is 17.8 Å². The lowest BCUT2D eigenvalue weighted by Gasteiger charge is -2.23. The van der Waals surface area contributed by atoms with E-state index < -0.39 is 35.7 Å². The highest BCUT2D eigenvalue weighted by molar-refractivity contribution is 5.97. The maximum absolute atomic E-state index is 13.7. The number of rotatable bonds is 7. The molecular formula is C17H23FN2O4.